The fourth-order valence-electron chi connectivity index (χ4n) is 1.56. The van der Waals surface area contributed by atoms with E-state index in [1.807, 2.05) is 0 Å². The summed E-state index contributed by atoms with van der Waals surface area (Å²) >= 11 is 0. The van der Waals surface area contributed by atoms with Gasteiger partial charge in [0.25, 0.3) is 0 Å². The average Bonchev–Trinajstić information content (AvgIpc) is 2.57. The summed E-state index contributed by atoms with van der Waals surface area (Å²) in [6.07, 6.45) is 3.81. The van der Waals surface area contributed by atoms with Crippen molar-refractivity contribution >= 4 is 5.91 Å². The minimum atomic E-state index is 0.146. The molecule has 0 aliphatic carbocycles. The molecule has 0 aromatic rings. The maximum atomic E-state index is 11.3. The number of carbonyl (C=O) groups is 1. The van der Waals surface area contributed by atoms with Crippen molar-refractivity contribution in [2.45, 2.75) is 31.7 Å². The zero-order chi connectivity index (χ0) is 9.52. The predicted octanol–water partition coefficient (Wildman–Crippen LogP) is -0.406. The van der Waals surface area contributed by atoms with Gasteiger partial charge in [-0.15, -0.1) is 0 Å². The summed E-state index contributed by atoms with van der Waals surface area (Å²) in [7, 11) is 0. The van der Waals surface area contributed by atoms with Crippen molar-refractivity contribution in [1.29, 1.82) is 0 Å². The first-order chi connectivity index (χ1) is 6.33. The van der Waals surface area contributed by atoms with Gasteiger partial charge in [0.05, 0.1) is 0 Å². The third-order valence-electron chi connectivity index (χ3n) is 2.30. The molecule has 0 spiro atoms. The van der Waals surface area contributed by atoms with Crippen LogP contribution in [-0.2, 0) is 4.79 Å². The molecule has 1 aliphatic heterocycles. The van der Waals surface area contributed by atoms with Gasteiger partial charge in [-0.1, -0.05) is 0 Å². The van der Waals surface area contributed by atoms with Gasteiger partial charge in [-0.2, -0.15) is 0 Å². The number of rotatable bonds is 5. The number of hydrogen-bond donors (Lipinski definition) is 3. The van der Waals surface area contributed by atoms with Gasteiger partial charge in [-0.05, 0) is 32.4 Å². The third-order valence-corrected chi connectivity index (χ3v) is 2.30. The second-order valence-electron chi connectivity index (χ2n) is 3.49. The Morgan fingerprint density at radius 1 is 1.62 bits per heavy atom. The van der Waals surface area contributed by atoms with Crippen LogP contribution in [0.4, 0.5) is 0 Å². The molecule has 1 aliphatic rings. The first-order valence-electron chi connectivity index (χ1n) is 5.03. The van der Waals surface area contributed by atoms with Crippen molar-refractivity contribution in [1.82, 2.24) is 10.6 Å². The van der Waals surface area contributed by atoms with Gasteiger partial charge < -0.3 is 16.4 Å². The SMILES string of the molecule is NCCCNC(=O)CC1CCCN1. The quantitative estimate of drug-likeness (QED) is 0.510. The van der Waals surface area contributed by atoms with Gasteiger partial charge in [0, 0.05) is 19.0 Å². The van der Waals surface area contributed by atoms with Gasteiger partial charge in [0.2, 0.25) is 5.91 Å². The van der Waals surface area contributed by atoms with Crippen LogP contribution in [-0.4, -0.2) is 31.6 Å². The molecule has 0 bridgehead atoms. The Morgan fingerprint density at radius 2 is 2.46 bits per heavy atom. The number of nitrogens with one attached hydrogen (secondary N) is 2. The standard InChI is InChI=1S/C9H19N3O/c10-4-2-6-12-9(13)7-8-3-1-5-11-8/h8,11H,1-7,10H2,(H,12,13). The highest BCUT2D eigenvalue weighted by molar-refractivity contribution is 5.76. The lowest BCUT2D eigenvalue weighted by Crippen LogP contribution is -2.32. The van der Waals surface area contributed by atoms with Crippen LogP contribution in [0.25, 0.3) is 0 Å². The van der Waals surface area contributed by atoms with Crippen molar-refractivity contribution in [3.63, 3.8) is 0 Å². The molecule has 1 rings (SSSR count). The zero-order valence-corrected chi connectivity index (χ0v) is 8.01. The van der Waals surface area contributed by atoms with Gasteiger partial charge in [0.15, 0.2) is 0 Å². The number of amides is 1. The van der Waals surface area contributed by atoms with E-state index in [0.29, 0.717) is 25.6 Å². The monoisotopic (exact) mass is 185 g/mol. The third kappa shape index (κ3) is 4.24. The number of hydrogen-bond acceptors (Lipinski definition) is 3. The summed E-state index contributed by atoms with van der Waals surface area (Å²) in [6, 6.07) is 0.401. The topological polar surface area (TPSA) is 67.1 Å². The van der Waals surface area contributed by atoms with Crippen LogP contribution in [0.1, 0.15) is 25.7 Å². The van der Waals surface area contributed by atoms with Crippen LogP contribution in [0.5, 0.6) is 0 Å². The van der Waals surface area contributed by atoms with Crippen molar-refractivity contribution in [3.8, 4) is 0 Å². The molecule has 1 amide bonds. The molecule has 13 heavy (non-hydrogen) atoms. The molecule has 4 nitrogen and oxygen atoms in total. The normalized spacial score (nSPS) is 21.8. The summed E-state index contributed by atoms with van der Waals surface area (Å²) in [6.45, 7) is 2.41. The van der Waals surface area contributed by atoms with Gasteiger partial charge in [-0.3, -0.25) is 4.79 Å². The van der Waals surface area contributed by atoms with Crippen LogP contribution in [0.15, 0.2) is 0 Å². The van der Waals surface area contributed by atoms with E-state index in [4.69, 9.17) is 5.73 Å². The van der Waals surface area contributed by atoms with Crippen LogP contribution >= 0.6 is 0 Å². The Bertz CT molecular complexity index is 155. The summed E-state index contributed by atoms with van der Waals surface area (Å²) in [5, 5.41) is 6.14. The van der Waals surface area contributed by atoms with E-state index in [9.17, 15) is 4.79 Å². The van der Waals surface area contributed by atoms with E-state index in [0.717, 1.165) is 19.4 Å². The summed E-state index contributed by atoms with van der Waals surface area (Å²) < 4.78 is 0. The summed E-state index contributed by atoms with van der Waals surface area (Å²) in [5.41, 5.74) is 5.31. The van der Waals surface area contributed by atoms with Gasteiger partial charge in [-0.25, -0.2) is 0 Å². The highest BCUT2D eigenvalue weighted by Crippen LogP contribution is 2.07. The molecule has 1 unspecified atom stereocenters. The van der Waals surface area contributed by atoms with E-state index in [1.165, 1.54) is 6.42 Å². The Morgan fingerprint density at radius 3 is 3.08 bits per heavy atom. The molecule has 1 fully saturated rings. The Labute approximate surface area is 79.3 Å². The first-order valence-corrected chi connectivity index (χ1v) is 5.03. The largest absolute Gasteiger partial charge is 0.356 e. The van der Waals surface area contributed by atoms with Crippen LogP contribution in [0.3, 0.4) is 0 Å². The molecular formula is C9H19N3O. The minimum absolute atomic E-state index is 0.146. The molecule has 0 aromatic carbocycles. The fraction of sp³-hybridized carbons (Fsp3) is 0.889. The second kappa shape index (κ2) is 5.94. The Kier molecular flexibility index (Phi) is 4.78. The lowest BCUT2D eigenvalue weighted by Gasteiger charge is -2.09. The van der Waals surface area contributed by atoms with E-state index in [2.05, 4.69) is 10.6 Å². The molecule has 4 heteroatoms. The molecule has 0 radical (unpaired) electrons. The van der Waals surface area contributed by atoms with Crippen LogP contribution < -0.4 is 16.4 Å². The van der Waals surface area contributed by atoms with E-state index >= 15 is 0 Å². The molecule has 4 N–H and O–H groups in total. The Hall–Kier alpha value is -0.610. The predicted molar refractivity (Wildman–Crippen MR) is 52.3 cm³/mol. The molecule has 1 heterocycles. The van der Waals surface area contributed by atoms with Crippen molar-refractivity contribution in [3.05, 3.63) is 0 Å². The number of carbonyl (C=O) groups excluding carboxylic acids is 1. The number of nitrogens with two attached hydrogens (primary N) is 1. The molecule has 0 saturated carbocycles. The van der Waals surface area contributed by atoms with E-state index < -0.39 is 0 Å². The highest BCUT2D eigenvalue weighted by atomic mass is 16.1. The van der Waals surface area contributed by atoms with Crippen molar-refractivity contribution < 1.29 is 4.79 Å². The average molecular weight is 185 g/mol. The minimum Gasteiger partial charge on any atom is -0.356 e. The molecule has 1 saturated heterocycles. The van der Waals surface area contributed by atoms with Crippen LogP contribution in [0, 0.1) is 0 Å². The maximum absolute atomic E-state index is 11.3. The van der Waals surface area contributed by atoms with Gasteiger partial charge >= 0.3 is 0 Å². The molecule has 76 valence electrons. The zero-order valence-electron chi connectivity index (χ0n) is 8.01. The highest BCUT2D eigenvalue weighted by Gasteiger charge is 2.16. The molecule has 1 atom stereocenters. The summed E-state index contributed by atoms with van der Waals surface area (Å²) in [5.74, 6) is 0.146. The van der Waals surface area contributed by atoms with Crippen LogP contribution in [0.2, 0.25) is 0 Å². The fourth-order valence-corrected chi connectivity index (χ4v) is 1.56. The first kappa shape index (κ1) is 10.5. The van der Waals surface area contributed by atoms with Crippen molar-refractivity contribution in [2.24, 2.45) is 5.73 Å². The van der Waals surface area contributed by atoms with Gasteiger partial charge in [0.1, 0.15) is 0 Å². The van der Waals surface area contributed by atoms with Crippen molar-refractivity contribution in [2.75, 3.05) is 19.6 Å². The smallest absolute Gasteiger partial charge is 0.221 e. The Balaban J connectivity index is 2.02. The maximum Gasteiger partial charge on any atom is 0.221 e. The van der Waals surface area contributed by atoms with E-state index in [-0.39, 0.29) is 5.91 Å². The molecule has 0 aromatic heterocycles. The second-order valence-corrected chi connectivity index (χ2v) is 3.49. The molecular weight excluding hydrogens is 166 g/mol. The van der Waals surface area contributed by atoms with E-state index in [1.54, 1.807) is 0 Å². The lowest BCUT2D eigenvalue weighted by atomic mass is 10.1. The lowest BCUT2D eigenvalue weighted by molar-refractivity contribution is -0.121. The summed E-state index contributed by atoms with van der Waals surface area (Å²) in [4.78, 5) is 11.3.